The molecule has 1 unspecified atom stereocenters. The zero-order valence-electron chi connectivity index (χ0n) is 15.3. The highest BCUT2D eigenvalue weighted by Gasteiger charge is 2.27. The summed E-state index contributed by atoms with van der Waals surface area (Å²) in [5, 5.41) is 15.6. The molecule has 1 aliphatic heterocycles. The van der Waals surface area contributed by atoms with Crippen molar-refractivity contribution in [1.82, 2.24) is 15.5 Å². The van der Waals surface area contributed by atoms with Gasteiger partial charge in [-0.25, -0.2) is 4.79 Å². The third-order valence-corrected chi connectivity index (χ3v) is 4.33. The van der Waals surface area contributed by atoms with Crippen LogP contribution in [0.25, 0.3) is 0 Å². The molecule has 1 fully saturated rings. The maximum Gasteiger partial charge on any atom is 0.321 e. The quantitative estimate of drug-likeness (QED) is 0.779. The van der Waals surface area contributed by atoms with Crippen molar-refractivity contribution in [2.24, 2.45) is 5.92 Å². The van der Waals surface area contributed by atoms with Crippen LogP contribution in [0.3, 0.4) is 0 Å². The zero-order chi connectivity index (χ0) is 18.4. The molecule has 6 nitrogen and oxygen atoms in total. The summed E-state index contributed by atoms with van der Waals surface area (Å²) in [7, 11) is 0. The molecule has 0 radical (unpaired) electrons. The molecule has 1 heterocycles. The van der Waals surface area contributed by atoms with Crippen molar-refractivity contribution >= 4 is 11.9 Å². The molecule has 3 amide bonds. The minimum atomic E-state index is -0.466. The lowest BCUT2D eigenvalue weighted by atomic mass is 9.87. The molecule has 0 saturated carbocycles. The van der Waals surface area contributed by atoms with E-state index in [-0.39, 0.29) is 23.9 Å². The Kier molecular flexibility index (Phi) is 6.56. The zero-order valence-corrected chi connectivity index (χ0v) is 15.3. The van der Waals surface area contributed by atoms with Crippen LogP contribution in [-0.2, 0) is 4.79 Å². The lowest BCUT2D eigenvalue weighted by Crippen LogP contribution is -2.51. The molecule has 1 aromatic rings. The minimum Gasteiger partial charge on any atom is -0.388 e. The molecule has 25 heavy (non-hydrogen) atoms. The van der Waals surface area contributed by atoms with Crippen LogP contribution in [-0.4, -0.2) is 47.1 Å². The number of urea groups is 1. The first-order valence-electron chi connectivity index (χ1n) is 8.82. The van der Waals surface area contributed by atoms with Gasteiger partial charge in [-0.3, -0.25) is 15.0 Å². The molecule has 138 valence electrons. The van der Waals surface area contributed by atoms with Crippen LogP contribution in [0.5, 0.6) is 0 Å². The Morgan fingerprint density at radius 1 is 1.20 bits per heavy atom. The van der Waals surface area contributed by atoms with E-state index < -0.39 is 12.1 Å². The van der Waals surface area contributed by atoms with E-state index in [1.807, 2.05) is 56.0 Å². The number of amides is 3. The Hall–Kier alpha value is -1.92. The lowest BCUT2D eigenvalue weighted by Gasteiger charge is -2.34. The Bertz CT molecular complexity index is 575. The molecule has 3 N–H and O–H groups in total. The maximum atomic E-state index is 12.0. The van der Waals surface area contributed by atoms with E-state index in [1.54, 1.807) is 0 Å². The third kappa shape index (κ3) is 6.48. The predicted octanol–water partition coefficient (Wildman–Crippen LogP) is 2.06. The van der Waals surface area contributed by atoms with Gasteiger partial charge in [0, 0.05) is 5.54 Å². The third-order valence-electron chi connectivity index (χ3n) is 4.33. The summed E-state index contributed by atoms with van der Waals surface area (Å²) in [6.45, 7) is 7.26. The van der Waals surface area contributed by atoms with Crippen molar-refractivity contribution < 1.29 is 14.7 Å². The number of hydrogen-bond acceptors (Lipinski definition) is 4. The monoisotopic (exact) mass is 347 g/mol. The number of benzene rings is 1. The normalized spacial score (nSPS) is 17.8. The average molecular weight is 347 g/mol. The first-order valence-corrected chi connectivity index (χ1v) is 8.82. The molecular formula is C19H29N3O3. The van der Waals surface area contributed by atoms with Crippen molar-refractivity contribution in [1.29, 1.82) is 0 Å². The first kappa shape index (κ1) is 19.4. The Morgan fingerprint density at radius 3 is 2.36 bits per heavy atom. The molecule has 1 aliphatic rings. The van der Waals surface area contributed by atoms with Crippen molar-refractivity contribution in [3.05, 3.63) is 35.9 Å². The molecule has 1 atom stereocenters. The molecule has 0 bridgehead atoms. The summed E-state index contributed by atoms with van der Waals surface area (Å²) in [6, 6.07) is 9.22. The molecule has 2 rings (SSSR count). The Morgan fingerprint density at radius 2 is 1.80 bits per heavy atom. The smallest absolute Gasteiger partial charge is 0.321 e. The van der Waals surface area contributed by atoms with Crippen LogP contribution in [0, 0.1) is 5.92 Å². The van der Waals surface area contributed by atoms with Gasteiger partial charge in [-0.2, -0.15) is 0 Å². The number of imide groups is 1. The van der Waals surface area contributed by atoms with E-state index in [4.69, 9.17) is 0 Å². The Balaban J connectivity index is 1.75. The molecule has 0 spiro atoms. The predicted molar refractivity (Wildman–Crippen MR) is 97.0 cm³/mol. The van der Waals surface area contributed by atoms with Crippen LogP contribution in [0.2, 0.25) is 0 Å². The highest BCUT2D eigenvalue weighted by molar-refractivity contribution is 5.95. The number of aliphatic hydroxyl groups is 1. The second-order valence-corrected chi connectivity index (χ2v) is 7.72. The van der Waals surface area contributed by atoms with Gasteiger partial charge in [-0.15, -0.1) is 0 Å². The number of hydrogen-bond donors (Lipinski definition) is 3. The topological polar surface area (TPSA) is 81.7 Å². The number of rotatable bonds is 4. The van der Waals surface area contributed by atoms with Crippen LogP contribution in [0.1, 0.15) is 45.3 Å². The van der Waals surface area contributed by atoms with Gasteiger partial charge in [-0.1, -0.05) is 30.3 Å². The summed E-state index contributed by atoms with van der Waals surface area (Å²) in [5.74, 6) is -0.102. The molecule has 1 saturated heterocycles. The number of carbonyl (C=O) groups is 2. The van der Waals surface area contributed by atoms with Crippen molar-refractivity contribution in [2.45, 2.75) is 45.3 Å². The van der Waals surface area contributed by atoms with Crippen molar-refractivity contribution in [2.75, 3.05) is 19.6 Å². The lowest BCUT2D eigenvalue weighted by molar-refractivity contribution is -0.121. The summed E-state index contributed by atoms with van der Waals surface area (Å²) >= 11 is 0. The van der Waals surface area contributed by atoms with Gasteiger partial charge in [0.2, 0.25) is 5.91 Å². The van der Waals surface area contributed by atoms with Gasteiger partial charge in [0.25, 0.3) is 0 Å². The van der Waals surface area contributed by atoms with E-state index in [0.717, 1.165) is 31.5 Å². The van der Waals surface area contributed by atoms with E-state index in [1.165, 1.54) is 0 Å². The van der Waals surface area contributed by atoms with Crippen molar-refractivity contribution in [3.8, 4) is 0 Å². The van der Waals surface area contributed by atoms with Crippen LogP contribution in [0.4, 0.5) is 4.79 Å². The Labute approximate surface area is 149 Å². The van der Waals surface area contributed by atoms with E-state index in [0.29, 0.717) is 0 Å². The number of piperidine rings is 1. The highest BCUT2D eigenvalue weighted by atomic mass is 16.3. The largest absolute Gasteiger partial charge is 0.388 e. The molecule has 0 aromatic heterocycles. The van der Waals surface area contributed by atoms with E-state index in [2.05, 4.69) is 10.6 Å². The number of likely N-dealkylation sites (tertiary alicyclic amines) is 1. The summed E-state index contributed by atoms with van der Waals surface area (Å²) in [4.78, 5) is 25.7. The summed E-state index contributed by atoms with van der Waals surface area (Å²) in [6.07, 6.45) is 1.20. The van der Waals surface area contributed by atoms with Gasteiger partial charge in [0.1, 0.15) is 0 Å². The minimum absolute atomic E-state index is 0.200. The molecule has 1 aromatic carbocycles. The molecular weight excluding hydrogens is 318 g/mol. The van der Waals surface area contributed by atoms with Gasteiger partial charge in [0.15, 0.2) is 0 Å². The van der Waals surface area contributed by atoms with Gasteiger partial charge >= 0.3 is 6.03 Å². The fraction of sp³-hybridized carbons (Fsp3) is 0.579. The summed E-state index contributed by atoms with van der Waals surface area (Å²) < 4.78 is 0. The highest BCUT2D eigenvalue weighted by Crippen LogP contribution is 2.30. The SMILES string of the molecule is CC(C)(C)NC(=O)NC(=O)CN1CCC(C(O)c2ccccc2)CC1. The number of carbonyl (C=O) groups excluding carboxylic acids is 2. The standard InChI is InChI=1S/C19H29N3O3/c1-19(2,3)21-18(25)20-16(23)13-22-11-9-15(10-12-22)17(24)14-7-5-4-6-8-14/h4-8,15,17,24H,9-13H2,1-3H3,(H2,20,21,23,25). The van der Waals surface area contributed by atoms with Gasteiger partial charge < -0.3 is 10.4 Å². The van der Waals surface area contributed by atoms with E-state index in [9.17, 15) is 14.7 Å². The van der Waals surface area contributed by atoms with Crippen molar-refractivity contribution in [3.63, 3.8) is 0 Å². The van der Waals surface area contributed by atoms with Gasteiger partial charge in [-0.05, 0) is 58.2 Å². The second-order valence-electron chi connectivity index (χ2n) is 7.72. The van der Waals surface area contributed by atoms with Crippen LogP contribution < -0.4 is 10.6 Å². The van der Waals surface area contributed by atoms with Crippen LogP contribution >= 0.6 is 0 Å². The fourth-order valence-corrected chi connectivity index (χ4v) is 3.09. The molecule has 0 aliphatic carbocycles. The van der Waals surface area contributed by atoms with Gasteiger partial charge in [0.05, 0.1) is 12.6 Å². The maximum absolute atomic E-state index is 12.0. The first-order chi connectivity index (χ1) is 11.7. The number of nitrogens with one attached hydrogen (secondary N) is 2. The average Bonchev–Trinajstić information content (AvgIpc) is 2.53. The number of aliphatic hydroxyl groups excluding tert-OH is 1. The fourth-order valence-electron chi connectivity index (χ4n) is 3.09. The van der Waals surface area contributed by atoms with Crippen LogP contribution in [0.15, 0.2) is 30.3 Å². The molecule has 6 heteroatoms. The second kappa shape index (κ2) is 8.45. The van der Waals surface area contributed by atoms with E-state index >= 15 is 0 Å². The summed E-state index contributed by atoms with van der Waals surface area (Å²) in [5.41, 5.74) is 0.563. The number of nitrogens with zero attached hydrogens (tertiary/aromatic N) is 1.